The smallest absolute Gasteiger partial charge is 0.329 e. The zero-order valence-electron chi connectivity index (χ0n) is 23.0. The van der Waals surface area contributed by atoms with E-state index in [0.717, 1.165) is 29.5 Å². The number of thiophene rings is 1. The van der Waals surface area contributed by atoms with Gasteiger partial charge in [0.25, 0.3) is 5.91 Å². The number of pyridine rings is 1. The third-order valence-corrected chi connectivity index (χ3v) is 10.6. The first-order valence-corrected chi connectivity index (χ1v) is 16.7. The third kappa shape index (κ3) is 5.60. The molecule has 3 N–H and O–H groups in total. The standard InChI is InChI=1S/C29H32FN4O6PS/c1-16-21(11-31-12-22(16)30)19-13-33(14-19)29(37)24-7-6-20-3-2-4-23(28(36)34(20)24)32-27(35)26-10-18-9-17(15-41(38,39)40)5-8-25(18)42-26/h5,8-12,19-20,23-24H,2-4,6-7,13-15H2,1H3,(H,32,35)(H2,38,39,40)/t20-,23-,24-/m0/s1. The topological polar surface area (TPSA) is 140 Å². The Morgan fingerprint density at radius 2 is 1.93 bits per heavy atom. The van der Waals surface area contributed by atoms with Gasteiger partial charge in [-0.05, 0) is 79.3 Å². The van der Waals surface area contributed by atoms with Crippen LogP contribution in [0.4, 0.5) is 4.39 Å². The number of hydrogen-bond acceptors (Lipinski definition) is 6. The lowest BCUT2D eigenvalue weighted by molar-refractivity contribution is -0.148. The number of carbonyl (C=O) groups is 3. The molecule has 0 bridgehead atoms. The lowest BCUT2D eigenvalue weighted by Crippen LogP contribution is -2.58. The summed E-state index contributed by atoms with van der Waals surface area (Å²) in [6.07, 6.45) is 5.76. The molecule has 42 heavy (non-hydrogen) atoms. The number of rotatable bonds is 6. The fourth-order valence-corrected chi connectivity index (χ4v) is 8.12. The highest BCUT2D eigenvalue weighted by molar-refractivity contribution is 7.50. The quantitative estimate of drug-likeness (QED) is 0.360. The molecule has 3 saturated heterocycles. The van der Waals surface area contributed by atoms with Crippen molar-refractivity contribution in [1.82, 2.24) is 20.1 Å². The van der Waals surface area contributed by atoms with E-state index in [2.05, 4.69) is 10.3 Å². The third-order valence-electron chi connectivity index (χ3n) is 8.69. The van der Waals surface area contributed by atoms with Gasteiger partial charge >= 0.3 is 7.60 Å². The van der Waals surface area contributed by atoms with E-state index in [9.17, 15) is 33.1 Å². The van der Waals surface area contributed by atoms with Gasteiger partial charge in [-0.1, -0.05) is 6.07 Å². The minimum Gasteiger partial charge on any atom is -0.340 e. The number of aromatic nitrogens is 1. The highest BCUT2D eigenvalue weighted by atomic mass is 32.1. The molecule has 3 aliphatic rings. The van der Waals surface area contributed by atoms with Crippen molar-refractivity contribution in [2.45, 2.75) is 69.2 Å². The van der Waals surface area contributed by atoms with Gasteiger partial charge in [0.05, 0.1) is 17.2 Å². The SMILES string of the molecule is Cc1c(F)cncc1C1CN(C(=O)[C@@H]2CC[C@@H]3CCC[C@H](NC(=O)c4cc5cc(CP(=O)(O)O)ccc5s4)C(=O)N32)C1. The molecule has 1 aromatic carbocycles. The number of nitrogens with one attached hydrogen (secondary N) is 1. The lowest BCUT2D eigenvalue weighted by atomic mass is 9.89. The number of likely N-dealkylation sites (tertiary alicyclic amines) is 1. The van der Waals surface area contributed by atoms with Crippen LogP contribution in [0.2, 0.25) is 0 Å². The Bertz CT molecular complexity index is 1620. The molecule has 5 heterocycles. The molecule has 0 unspecified atom stereocenters. The molecular weight excluding hydrogens is 582 g/mol. The molecule has 3 atom stereocenters. The molecule has 2 aromatic heterocycles. The van der Waals surface area contributed by atoms with Crippen molar-refractivity contribution in [3.05, 3.63) is 64.0 Å². The largest absolute Gasteiger partial charge is 0.340 e. The van der Waals surface area contributed by atoms with E-state index in [-0.39, 0.29) is 35.8 Å². The summed E-state index contributed by atoms with van der Waals surface area (Å²) >= 11 is 1.25. The van der Waals surface area contributed by atoms with Crippen molar-refractivity contribution in [3.63, 3.8) is 0 Å². The first-order valence-electron chi connectivity index (χ1n) is 14.1. The van der Waals surface area contributed by atoms with Crippen LogP contribution in [0.25, 0.3) is 10.1 Å². The summed E-state index contributed by atoms with van der Waals surface area (Å²) in [6.45, 7) is 2.62. The predicted molar refractivity (Wildman–Crippen MR) is 155 cm³/mol. The number of hydrogen-bond donors (Lipinski definition) is 3. The fraction of sp³-hybridized carbons (Fsp3) is 0.448. The Kier molecular flexibility index (Phi) is 7.67. The fourth-order valence-electron chi connectivity index (χ4n) is 6.50. The Labute approximate surface area is 246 Å². The molecule has 0 aliphatic carbocycles. The van der Waals surface area contributed by atoms with Crippen LogP contribution in [0.1, 0.15) is 64.4 Å². The summed E-state index contributed by atoms with van der Waals surface area (Å²) in [4.78, 5) is 66.9. The Morgan fingerprint density at radius 1 is 1.14 bits per heavy atom. The molecule has 6 rings (SSSR count). The minimum absolute atomic E-state index is 0.00963. The van der Waals surface area contributed by atoms with Crippen LogP contribution >= 0.6 is 18.9 Å². The van der Waals surface area contributed by atoms with E-state index in [4.69, 9.17) is 0 Å². The maximum Gasteiger partial charge on any atom is 0.329 e. The van der Waals surface area contributed by atoms with Crippen LogP contribution in [-0.4, -0.2) is 73.5 Å². The molecule has 10 nitrogen and oxygen atoms in total. The number of fused-ring (bicyclic) bond motifs is 2. The molecule has 3 aromatic rings. The van der Waals surface area contributed by atoms with Gasteiger partial charge < -0.3 is 24.9 Å². The normalized spacial score (nSPS) is 23.0. The van der Waals surface area contributed by atoms with Crippen molar-refractivity contribution in [1.29, 1.82) is 0 Å². The maximum atomic E-state index is 14.0. The monoisotopic (exact) mass is 614 g/mol. The van der Waals surface area contributed by atoms with Crippen molar-refractivity contribution >= 4 is 46.7 Å². The number of nitrogens with zero attached hydrogens (tertiary/aromatic N) is 3. The average molecular weight is 615 g/mol. The Hall–Kier alpha value is -3.18. The average Bonchev–Trinajstić information content (AvgIpc) is 3.49. The van der Waals surface area contributed by atoms with Crippen LogP contribution in [0, 0.1) is 12.7 Å². The van der Waals surface area contributed by atoms with Gasteiger partial charge in [-0.15, -0.1) is 11.3 Å². The molecule has 3 fully saturated rings. The van der Waals surface area contributed by atoms with Gasteiger partial charge in [-0.25, -0.2) is 4.39 Å². The van der Waals surface area contributed by atoms with E-state index in [1.807, 2.05) is 0 Å². The van der Waals surface area contributed by atoms with Gasteiger partial charge in [0.1, 0.15) is 17.9 Å². The number of amides is 3. The van der Waals surface area contributed by atoms with Gasteiger partial charge in [-0.3, -0.25) is 23.9 Å². The number of halogens is 1. The van der Waals surface area contributed by atoms with Crippen molar-refractivity contribution in [2.24, 2.45) is 0 Å². The van der Waals surface area contributed by atoms with Gasteiger partial charge in [0, 0.05) is 35.9 Å². The summed E-state index contributed by atoms with van der Waals surface area (Å²) in [6, 6.07) is 5.32. The van der Waals surface area contributed by atoms with E-state index >= 15 is 0 Å². The van der Waals surface area contributed by atoms with E-state index in [1.54, 1.807) is 47.2 Å². The summed E-state index contributed by atoms with van der Waals surface area (Å²) in [7, 11) is -4.22. The summed E-state index contributed by atoms with van der Waals surface area (Å²) < 4.78 is 26.2. The Balaban J connectivity index is 1.13. The second-order valence-corrected chi connectivity index (χ2v) is 14.3. The zero-order valence-corrected chi connectivity index (χ0v) is 24.7. The van der Waals surface area contributed by atoms with Crippen LogP contribution < -0.4 is 5.32 Å². The molecule has 13 heteroatoms. The van der Waals surface area contributed by atoms with Crippen molar-refractivity contribution < 1.29 is 33.1 Å². The number of carbonyl (C=O) groups excluding carboxylic acids is 3. The summed E-state index contributed by atoms with van der Waals surface area (Å²) in [5.41, 5.74) is 1.83. The first-order chi connectivity index (χ1) is 20.0. The highest BCUT2D eigenvalue weighted by Crippen LogP contribution is 2.40. The Morgan fingerprint density at radius 3 is 2.69 bits per heavy atom. The number of benzene rings is 1. The van der Waals surface area contributed by atoms with E-state index < -0.39 is 25.6 Å². The zero-order chi connectivity index (χ0) is 29.8. The van der Waals surface area contributed by atoms with Crippen LogP contribution in [0.3, 0.4) is 0 Å². The summed E-state index contributed by atoms with van der Waals surface area (Å²) in [5.74, 6) is -1.09. The van der Waals surface area contributed by atoms with Crippen LogP contribution in [0.15, 0.2) is 36.7 Å². The van der Waals surface area contributed by atoms with Crippen LogP contribution in [0.5, 0.6) is 0 Å². The van der Waals surface area contributed by atoms with Gasteiger partial charge in [-0.2, -0.15) is 0 Å². The highest BCUT2D eigenvalue weighted by Gasteiger charge is 2.47. The predicted octanol–water partition coefficient (Wildman–Crippen LogP) is 3.69. The second kappa shape index (κ2) is 11.1. The molecule has 3 aliphatic heterocycles. The molecular formula is C29H32FN4O6PS. The molecule has 0 spiro atoms. The van der Waals surface area contributed by atoms with Crippen LogP contribution in [-0.2, 0) is 20.3 Å². The van der Waals surface area contributed by atoms with E-state index in [0.29, 0.717) is 47.3 Å². The molecule has 3 amide bonds. The molecule has 0 radical (unpaired) electrons. The maximum absolute atomic E-state index is 14.0. The second-order valence-electron chi connectivity index (χ2n) is 11.5. The van der Waals surface area contributed by atoms with Gasteiger partial charge in [0.2, 0.25) is 11.8 Å². The first kappa shape index (κ1) is 28.9. The van der Waals surface area contributed by atoms with Crippen molar-refractivity contribution in [2.75, 3.05) is 13.1 Å². The van der Waals surface area contributed by atoms with Crippen molar-refractivity contribution in [3.8, 4) is 0 Å². The minimum atomic E-state index is -4.22. The van der Waals surface area contributed by atoms with Gasteiger partial charge in [0.15, 0.2) is 0 Å². The molecule has 0 saturated carbocycles. The molecule has 222 valence electrons. The lowest BCUT2D eigenvalue weighted by Gasteiger charge is -2.43. The summed E-state index contributed by atoms with van der Waals surface area (Å²) in [5, 5.41) is 3.60. The van der Waals surface area contributed by atoms with E-state index in [1.165, 1.54) is 17.5 Å².